The maximum atomic E-state index is 13.4. The van der Waals surface area contributed by atoms with Crippen LogP contribution in [-0.2, 0) is 0 Å². The van der Waals surface area contributed by atoms with Crippen molar-refractivity contribution in [2.75, 3.05) is 36.0 Å². The van der Waals surface area contributed by atoms with E-state index in [-0.39, 0.29) is 0 Å². The normalized spacial score (nSPS) is 15.3. The first kappa shape index (κ1) is 15.1. The zero-order valence-electron chi connectivity index (χ0n) is 12.9. The van der Waals surface area contributed by atoms with Crippen molar-refractivity contribution in [3.63, 3.8) is 0 Å². The van der Waals surface area contributed by atoms with Crippen molar-refractivity contribution in [1.82, 2.24) is 20.2 Å². The van der Waals surface area contributed by atoms with Gasteiger partial charge in [-0.1, -0.05) is 11.3 Å². The van der Waals surface area contributed by atoms with E-state index < -0.39 is 11.6 Å². The summed E-state index contributed by atoms with van der Waals surface area (Å²) in [5.41, 5.74) is 0.703. The smallest absolute Gasteiger partial charge is 0.208 e. The summed E-state index contributed by atoms with van der Waals surface area (Å²) in [5.74, 6) is -1.16. The van der Waals surface area contributed by atoms with Crippen LogP contribution in [-0.4, -0.2) is 46.3 Å². The highest BCUT2D eigenvalue weighted by Gasteiger charge is 2.21. The summed E-state index contributed by atoms with van der Waals surface area (Å²) in [4.78, 5) is 12.9. The van der Waals surface area contributed by atoms with Gasteiger partial charge in [-0.15, -0.1) is 10.2 Å². The molecule has 0 saturated carbocycles. The first-order valence-electron chi connectivity index (χ1n) is 7.52. The van der Waals surface area contributed by atoms with E-state index in [9.17, 15) is 8.78 Å². The summed E-state index contributed by atoms with van der Waals surface area (Å²) < 4.78 is 26.6. The van der Waals surface area contributed by atoms with E-state index in [2.05, 4.69) is 30.0 Å². The standard InChI is InChI=1S/C15H14F2N6S/c1-9-20-21-15(24-9)23-4-2-22(3-5-23)14-8-18-12-6-10(16)11(17)7-13(12)19-14/h6-8H,2-5H2,1H3. The molecule has 6 nitrogen and oxygen atoms in total. The summed E-state index contributed by atoms with van der Waals surface area (Å²) in [6, 6.07) is 2.15. The highest BCUT2D eigenvalue weighted by Crippen LogP contribution is 2.23. The second-order valence-electron chi connectivity index (χ2n) is 5.56. The van der Waals surface area contributed by atoms with Crippen LogP contribution in [0.2, 0.25) is 0 Å². The van der Waals surface area contributed by atoms with Crippen LogP contribution in [0.1, 0.15) is 5.01 Å². The van der Waals surface area contributed by atoms with Gasteiger partial charge in [-0.25, -0.2) is 13.8 Å². The quantitative estimate of drug-likeness (QED) is 0.709. The lowest BCUT2D eigenvalue weighted by atomic mass is 10.2. The molecule has 0 N–H and O–H groups in total. The van der Waals surface area contributed by atoms with Crippen molar-refractivity contribution in [1.29, 1.82) is 0 Å². The number of nitrogens with zero attached hydrogens (tertiary/aromatic N) is 6. The number of anilines is 2. The fourth-order valence-corrected chi connectivity index (χ4v) is 3.43. The molecule has 0 amide bonds. The predicted molar refractivity (Wildman–Crippen MR) is 88.5 cm³/mol. The number of aromatic nitrogens is 4. The summed E-state index contributed by atoms with van der Waals surface area (Å²) in [7, 11) is 0. The van der Waals surface area contributed by atoms with E-state index in [4.69, 9.17) is 0 Å². The number of benzene rings is 1. The molecule has 1 aromatic carbocycles. The van der Waals surface area contributed by atoms with Gasteiger partial charge < -0.3 is 9.80 Å². The summed E-state index contributed by atoms with van der Waals surface area (Å²) in [5, 5.41) is 10.1. The Labute approximate surface area is 140 Å². The highest BCUT2D eigenvalue weighted by atomic mass is 32.1. The van der Waals surface area contributed by atoms with Crippen molar-refractivity contribution in [2.24, 2.45) is 0 Å². The third-order valence-corrected chi connectivity index (χ3v) is 4.86. The Morgan fingerprint density at radius 3 is 2.29 bits per heavy atom. The van der Waals surface area contributed by atoms with Crippen LogP contribution in [0.25, 0.3) is 11.0 Å². The van der Waals surface area contributed by atoms with Crippen LogP contribution in [0, 0.1) is 18.6 Å². The Bertz CT molecular complexity index is 891. The van der Waals surface area contributed by atoms with Crippen molar-refractivity contribution in [3.8, 4) is 0 Å². The summed E-state index contributed by atoms with van der Waals surface area (Å²) in [6.07, 6.45) is 1.60. The topological polar surface area (TPSA) is 58.0 Å². The van der Waals surface area contributed by atoms with Gasteiger partial charge in [0.25, 0.3) is 0 Å². The molecular weight excluding hydrogens is 334 g/mol. The van der Waals surface area contributed by atoms with Crippen LogP contribution in [0.15, 0.2) is 18.3 Å². The molecule has 0 unspecified atom stereocenters. The average Bonchev–Trinajstić information content (AvgIpc) is 3.02. The molecular formula is C15H14F2N6S. The molecule has 1 fully saturated rings. The molecule has 4 rings (SSSR count). The third-order valence-electron chi connectivity index (χ3n) is 3.96. The van der Waals surface area contributed by atoms with Gasteiger partial charge in [0.15, 0.2) is 11.6 Å². The number of hydrogen-bond acceptors (Lipinski definition) is 7. The number of hydrogen-bond donors (Lipinski definition) is 0. The zero-order chi connectivity index (χ0) is 16.7. The number of aryl methyl sites for hydroxylation is 1. The molecule has 3 aromatic rings. The van der Waals surface area contributed by atoms with Gasteiger partial charge >= 0.3 is 0 Å². The van der Waals surface area contributed by atoms with E-state index in [0.717, 1.165) is 48.5 Å². The van der Waals surface area contributed by atoms with Crippen molar-refractivity contribution < 1.29 is 8.78 Å². The molecule has 0 radical (unpaired) electrons. The van der Waals surface area contributed by atoms with Crippen molar-refractivity contribution >= 4 is 33.3 Å². The number of rotatable bonds is 2. The van der Waals surface area contributed by atoms with Gasteiger partial charge in [-0.2, -0.15) is 0 Å². The van der Waals surface area contributed by atoms with Crippen LogP contribution in [0.3, 0.4) is 0 Å². The van der Waals surface area contributed by atoms with E-state index in [1.807, 2.05) is 6.92 Å². The predicted octanol–water partition coefficient (Wildman–Crippen LogP) is 2.39. The molecule has 9 heteroatoms. The molecule has 3 heterocycles. The molecule has 0 spiro atoms. The van der Waals surface area contributed by atoms with E-state index in [1.165, 1.54) is 0 Å². The van der Waals surface area contributed by atoms with Gasteiger partial charge in [-0.3, -0.25) is 4.98 Å². The summed E-state index contributed by atoms with van der Waals surface area (Å²) in [6.45, 7) is 5.04. The van der Waals surface area contributed by atoms with E-state index >= 15 is 0 Å². The lowest BCUT2D eigenvalue weighted by Crippen LogP contribution is -2.46. The minimum atomic E-state index is -0.912. The second kappa shape index (κ2) is 5.90. The van der Waals surface area contributed by atoms with Gasteiger partial charge in [0, 0.05) is 38.3 Å². The maximum Gasteiger partial charge on any atom is 0.208 e. The number of halogens is 2. The molecule has 0 bridgehead atoms. The van der Waals surface area contributed by atoms with Crippen molar-refractivity contribution in [2.45, 2.75) is 6.92 Å². The molecule has 124 valence electrons. The lowest BCUT2D eigenvalue weighted by molar-refractivity contribution is 0.510. The van der Waals surface area contributed by atoms with Gasteiger partial charge in [0.05, 0.1) is 17.2 Å². The minimum Gasteiger partial charge on any atom is -0.352 e. The Kier molecular flexibility index (Phi) is 3.72. The fraction of sp³-hybridized carbons (Fsp3) is 0.333. The molecule has 0 aliphatic carbocycles. The van der Waals surface area contributed by atoms with E-state index in [1.54, 1.807) is 17.5 Å². The summed E-state index contributed by atoms with van der Waals surface area (Å²) >= 11 is 1.58. The average molecular weight is 348 g/mol. The van der Waals surface area contributed by atoms with E-state index in [0.29, 0.717) is 16.9 Å². The van der Waals surface area contributed by atoms with Crippen LogP contribution < -0.4 is 9.80 Å². The molecule has 0 atom stereocenters. The Morgan fingerprint density at radius 1 is 0.958 bits per heavy atom. The monoisotopic (exact) mass is 348 g/mol. The Morgan fingerprint density at radius 2 is 1.62 bits per heavy atom. The van der Waals surface area contributed by atoms with Crippen LogP contribution in [0.5, 0.6) is 0 Å². The van der Waals surface area contributed by atoms with Gasteiger partial charge in [0.2, 0.25) is 5.13 Å². The minimum absolute atomic E-state index is 0.348. The SMILES string of the molecule is Cc1nnc(N2CCN(c3cnc4cc(F)c(F)cc4n3)CC2)s1. The molecule has 2 aromatic heterocycles. The molecule has 1 aliphatic heterocycles. The first-order valence-corrected chi connectivity index (χ1v) is 8.33. The fourth-order valence-electron chi connectivity index (χ4n) is 2.69. The number of piperazine rings is 1. The third kappa shape index (κ3) is 2.75. The highest BCUT2D eigenvalue weighted by molar-refractivity contribution is 7.15. The van der Waals surface area contributed by atoms with Gasteiger partial charge in [0.1, 0.15) is 10.8 Å². The number of fused-ring (bicyclic) bond motifs is 1. The van der Waals surface area contributed by atoms with Crippen molar-refractivity contribution in [3.05, 3.63) is 35.0 Å². The van der Waals surface area contributed by atoms with Crippen LogP contribution >= 0.6 is 11.3 Å². The molecule has 24 heavy (non-hydrogen) atoms. The second-order valence-corrected chi connectivity index (χ2v) is 6.72. The Hall–Kier alpha value is -2.42. The van der Waals surface area contributed by atoms with Gasteiger partial charge in [-0.05, 0) is 6.92 Å². The largest absolute Gasteiger partial charge is 0.352 e. The first-order chi connectivity index (χ1) is 11.6. The van der Waals surface area contributed by atoms with Crippen LogP contribution in [0.4, 0.5) is 19.7 Å². The maximum absolute atomic E-state index is 13.4. The molecule has 1 aliphatic rings. The zero-order valence-corrected chi connectivity index (χ0v) is 13.7. The Balaban J connectivity index is 1.53. The molecule has 1 saturated heterocycles. The lowest BCUT2D eigenvalue weighted by Gasteiger charge is -2.34.